The highest BCUT2D eigenvalue weighted by atomic mass is 32.2. The molecule has 2 aromatic rings. The Morgan fingerprint density at radius 2 is 2.19 bits per heavy atom. The highest BCUT2D eigenvalue weighted by molar-refractivity contribution is 7.99. The van der Waals surface area contributed by atoms with E-state index in [0.717, 1.165) is 29.5 Å². The second kappa shape index (κ2) is 5.25. The topological polar surface area (TPSA) is 37.8 Å². The van der Waals surface area contributed by atoms with Crippen molar-refractivity contribution in [2.24, 2.45) is 0 Å². The van der Waals surface area contributed by atoms with Gasteiger partial charge in [0.1, 0.15) is 4.83 Å². The van der Waals surface area contributed by atoms with Crippen LogP contribution in [0.2, 0.25) is 0 Å². The predicted molar refractivity (Wildman–Crippen MR) is 93.5 cm³/mol. The molecule has 2 atom stereocenters. The summed E-state index contributed by atoms with van der Waals surface area (Å²) in [5.74, 6) is 0. The molecule has 0 spiro atoms. The number of nitrogens with one attached hydrogen (secondary N) is 1. The Labute approximate surface area is 136 Å². The molecule has 6 heteroatoms. The van der Waals surface area contributed by atoms with Crippen molar-refractivity contribution in [3.05, 3.63) is 25.6 Å². The van der Waals surface area contributed by atoms with E-state index in [1.807, 2.05) is 16.3 Å². The molecule has 2 aliphatic carbocycles. The highest BCUT2D eigenvalue weighted by Gasteiger charge is 2.31. The molecule has 0 aliphatic heterocycles. The molecule has 2 heterocycles. The molecule has 2 unspecified atom stereocenters. The molecule has 0 amide bonds. The van der Waals surface area contributed by atoms with Gasteiger partial charge in [0.15, 0.2) is 4.77 Å². The van der Waals surface area contributed by atoms with Gasteiger partial charge in [-0.05, 0) is 56.1 Å². The van der Waals surface area contributed by atoms with Crippen LogP contribution < -0.4 is 5.56 Å². The Kier molecular flexibility index (Phi) is 3.51. The molecular formula is C15H18N2OS3. The van der Waals surface area contributed by atoms with E-state index in [9.17, 15) is 4.79 Å². The minimum Gasteiger partial charge on any atom is -0.323 e. The average molecular weight is 339 g/mol. The number of fused-ring (bicyclic) bond motifs is 3. The number of nitrogens with zero attached hydrogens (tertiary/aromatic N) is 1. The molecule has 21 heavy (non-hydrogen) atoms. The third kappa shape index (κ3) is 2.06. The molecule has 1 fully saturated rings. The normalized spacial score (nSPS) is 24.8. The van der Waals surface area contributed by atoms with Crippen LogP contribution in [0.1, 0.15) is 42.2 Å². The van der Waals surface area contributed by atoms with Gasteiger partial charge < -0.3 is 4.98 Å². The van der Waals surface area contributed by atoms with E-state index in [2.05, 4.69) is 11.2 Å². The Hall–Kier alpha value is -0.590. The van der Waals surface area contributed by atoms with Crippen molar-refractivity contribution in [3.8, 4) is 0 Å². The second-order valence-corrected chi connectivity index (χ2v) is 8.51. The van der Waals surface area contributed by atoms with Crippen LogP contribution in [0.25, 0.3) is 10.2 Å². The summed E-state index contributed by atoms with van der Waals surface area (Å²) < 4.78 is 2.50. The van der Waals surface area contributed by atoms with Crippen molar-refractivity contribution in [2.45, 2.75) is 49.8 Å². The van der Waals surface area contributed by atoms with Crippen molar-refractivity contribution >= 4 is 45.5 Å². The maximum absolute atomic E-state index is 13.1. The fourth-order valence-corrected chi connectivity index (χ4v) is 6.51. The van der Waals surface area contributed by atoms with E-state index < -0.39 is 0 Å². The Morgan fingerprint density at radius 3 is 3.00 bits per heavy atom. The number of hydrogen-bond donors (Lipinski definition) is 1. The minimum atomic E-state index is 0.152. The van der Waals surface area contributed by atoms with Crippen LogP contribution in [0.3, 0.4) is 0 Å². The summed E-state index contributed by atoms with van der Waals surface area (Å²) in [7, 11) is 0. The zero-order valence-electron chi connectivity index (χ0n) is 12.0. The Morgan fingerprint density at radius 1 is 1.33 bits per heavy atom. The van der Waals surface area contributed by atoms with Crippen molar-refractivity contribution in [3.63, 3.8) is 0 Å². The average Bonchev–Trinajstić information content (AvgIpc) is 3.12. The lowest BCUT2D eigenvalue weighted by Gasteiger charge is -2.20. The van der Waals surface area contributed by atoms with Gasteiger partial charge in [-0.2, -0.15) is 11.8 Å². The molecule has 2 aliphatic rings. The van der Waals surface area contributed by atoms with Gasteiger partial charge in [0.2, 0.25) is 0 Å². The summed E-state index contributed by atoms with van der Waals surface area (Å²) in [6.07, 6.45) is 8.94. The summed E-state index contributed by atoms with van der Waals surface area (Å²) >= 11 is 9.12. The summed E-state index contributed by atoms with van der Waals surface area (Å²) in [5.41, 5.74) is 1.44. The van der Waals surface area contributed by atoms with Crippen LogP contribution in [0.5, 0.6) is 0 Å². The number of H-pyrrole nitrogens is 1. The molecule has 3 nitrogen and oxygen atoms in total. The maximum Gasteiger partial charge on any atom is 0.263 e. The first-order chi connectivity index (χ1) is 10.2. The molecule has 0 aromatic carbocycles. The second-order valence-electron chi connectivity index (χ2n) is 5.94. The van der Waals surface area contributed by atoms with Gasteiger partial charge in [-0.3, -0.25) is 9.36 Å². The molecule has 0 saturated heterocycles. The summed E-state index contributed by atoms with van der Waals surface area (Å²) in [4.78, 5) is 18.8. The zero-order chi connectivity index (χ0) is 14.6. The number of hydrogen-bond acceptors (Lipinski definition) is 4. The van der Waals surface area contributed by atoms with E-state index in [1.165, 1.54) is 29.7 Å². The van der Waals surface area contributed by atoms with Gasteiger partial charge in [-0.1, -0.05) is 6.42 Å². The first-order valence-corrected chi connectivity index (χ1v) is 10.0. The lowest BCUT2D eigenvalue weighted by molar-refractivity contribution is 0.502. The first-order valence-electron chi connectivity index (χ1n) is 7.52. The zero-order valence-corrected chi connectivity index (χ0v) is 14.4. The first kappa shape index (κ1) is 14.0. The molecule has 1 saturated carbocycles. The molecule has 4 rings (SSSR count). The van der Waals surface area contributed by atoms with Crippen molar-refractivity contribution in [1.29, 1.82) is 0 Å². The van der Waals surface area contributed by atoms with Crippen LogP contribution in [0.15, 0.2) is 4.79 Å². The van der Waals surface area contributed by atoms with Crippen LogP contribution in [-0.2, 0) is 12.8 Å². The summed E-state index contributed by atoms with van der Waals surface area (Å²) in [6, 6.07) is 0.262. The molecule has 1 N–H and O–H groups in total. The van der Waals surface area contributed by atoms with E-state index in [0.29, 0.717) is 10.0 Å². The summed E-state index contributed by atoms with van der Waals surface area (Å²) in [6.45, 7) is 0. The van der Waals surface area contributed by atoms with Gasteiger partial charge in [-0.15, -0.1) is 11.3 Å². The molecule has 0 bridgehead atoms. The maximum atomic E-state index is 13.1. The third-order valence-corrected chi connectivity index (χ3v) is 7.51. The van der Waals surface area contributed by atoms with E-state index in [-0.39, 0.29) is 11.6 Å². The number of aryl methyl sites for hydroxylation is 2. The number of thiophene rings is 1. The standard InChI is InChI=1S/C15H18N2OS3/c1-20-11-7-3-5-9(11)17-14(18)12-8-4-2-6-10(8)21-13(12)16-15(17)19/h9,11H,2-7H2,1H3,(H,16,19). The van der Waals surface area contributed by atoms with E-state index in [1.54, 1.807) is 11.3 Å². The van der Waals surface area contributed by atoms with Gasteiger partial charge in [-0.25, -0.2) is 0 Å². The van der Waals surface area contributed by atoms with Gasteiger partial charge in [0, 0.05) is 10.1 Å². The van der Waals surface area contributed by atoms with Crippen molar-refractivity contribution < 1.29 is 0 Å². The Bertz CT molecular complexity index is 817. The van der Waals surface area contributed by atoms with Gasteiger partial charge in [0.05, 0.1) is 11.4 Å². The highest BCUT2D eigenvalue weighted by Crippen LogP contribution is 2.38. The molecule has 112 valence electrons. The lowest BCUT2D eigenvalue weighted by Crippen LogP contribution is -2.29. The fourth-order valence-electron chi connectivity index (χ4n) is 3.87. The quantitative estimate of drug-likeness (QED) is 0.839. The molecule has 0 radical (unpaired) electrons. The predicted octanol–water partition coefficient (Wildman–Crippen LogP) is 4.07. The van der Waals surface area contributed by atoms with Crippen LogP contribution in [-0.4, -0.2) is 21.1 Å². The summed E-state index contributed by atoms with van der Waals surface area (Å²) in [5, 5.41) is 1.44. The molecular weight excluding hydrogens is 320 g/mol. The Balaban J connectivity index is 1.97. The third-order valence-electron chi connectivity index (χ3n) is 4.85. The lowest BCUT2D eigenvalue weighted by atomic mass is 10.2. The molecule has 2 aromatic heterocycles. The van der Waals surface area contributed by atoms with E-state index in [4.69, 9.17) is 12.2 Å². The number of thioether (sulfide) groups is 1. The van der Waals surface area contributed by atoms with Crippen molar-refractivity contribution in [1.82, 2.24) is 9.55 Å². The van der Waals surface area contributed by atoms with Crippen molar-refractivity contribution in [2.75, 3.05) is 6.26 Å². The van der Waals surface area contributed by atoms with Gasteiger partial charge in [0.25, 0.3) is 5.56 Å². The van der Waals surface area contributed by atoms with E-state index >= 15 is 0 Å². The largest absolute Gasteiger partial charge is 0.323 e. The van der Waals surface area contributed by atoms with Crippen LogP contribution in [0.4, 0.5) is 0 Å². The van der Waals surface area contributed by atoms with Crippen LogP contribution in [0, 0.1) is 4.77 Å². The number of aromatic nitrogens is 2. The fraction of sp³-hybridized carbons (Fsp3) is 0.600. The number of rotatable bonds is 2. The van der Waals surface area contributed by atoms with Gasteiger partial charge >= 0.3 is 0 Å². The minimum absolute atomic E-state index is 0.152. The smallest absolute Gasteiger partial charge is 0.263 e. The van der Waals surface area contributed by atoms with Crippen LogP contribution >= 0.6 is 35.3 Å². The number of aromatic amines is 1. The SMILES string of the molecule is CSC1CCCC1n1c(=S)[nH]c2sc3c(c2c1=O)CCC3. The monoisotopic (exact) mass is 338 g/mol.